The molecule has 0 aromatic heterocycles. The smallest absolute Gasteiger partial charge is 0.407 e. The van der Waals surface area contributed by atoms with Crippen LogP contribution in [0.25, 0.3) is 11.1 Å². The Kier molecular flexibility index (Phi) is 9.17. The Morgan fingerprint density at radius 3 is 2.20 bits per heavy atom. The molecule has 0 fully saturated rings. The van der Waals surface area contributed by atoms with Crippen LogP contribution in [0.15, 0.2) is 48.5 Å². The predicted molar refractivity (Wildman–Crippen MR) is 136 cm³/mol. The molecule has 9 heteroatoms. The van der Waals surface area contributed by atoms with Gasteiger partial charge in [0.15, 0.2) is 6.04 Å². The molecule has 1 atom stereocenters. The molecule has 0 radical (unpaired) electrons. The number of carbonyl (C=O) groups excluding carboxylic acids is 2. The lowest BCUT2D eigenvalue weighted by molar-refractivity contribution is -0.145. The molecular weight excluding hydrogens is 468 g/mol. The highest BCUT2D eigenvalue weighted by Gasteiger charge is 2.29. The fourth-order valence-electron chi connectivity index (χ4n) is 3.78. The first-order valence-electron chi connectivity index (χ1n) is 11.5. The maximum atomic E-state index is 12.2. The lowest BCUT2D eigenvalue weighted by atomic mass is 9.98. The van der Waals surface area contributed by atoms with E-state index in [0.29, 0.717) is 12.3 Å². The molecule has 3 rings (SSSR count). The zero-order chi connectivity index (χ0) is 25.4. The van der Waals surface area contributed by atoms with Crippen LogP contribution in [0, 0.1) is 0 Å². The molecular formula is C26H32N2O6S. The number of carboxylic acids is 1. The van der Waals surface area contributed by atoms with Crippen molar-refractivity contribution in [3.63, 3.8) is 0 Å². The molecule has 3 N–H and O–H groups in total. The second kappa shape index (κ2) is 12.1. The zero-order valence-corrected chi connectivity index (χ0v) is 21.0. The standard InChI is InChI=1S/C26H32N2O6S/c1-26(2,3)34-15-22(24(30)31)28-23(29)16-35-13-12-27-25(32)33-14-21-19-10-6-4-8-17(19)18-9-5-7-11-20(18)21/h4-11,21-22H,12-16H2,1-3H3,(H,27,32)(H,28,29)(H,30,31)/t22-/m0/s1. The topological polar surface area (TPSA) is 114 Å². The summed E-state index contributed by atoms with van der Waals surface area (Å²) in [5, 5.41) is 14.4. The summed E-state index contributed by atoms with van der Waals surface area (Å²) in [5.74, 6) is -0.999. The molecule has 1 aliphatic carbocycles. The predicted octanol–water partition coefficient (Wildman–Crippen LogP) is 3.64. The van der Waals surface area contributed by atoms with E-state index in [2.05, 4.69) is 34.9 Å². The minimum absolute atomic E-state index is 0.00401. The van der Waals surface area contributed by atoms with Gasteiger partial charge in [0.1, 0.15) is 6.61 Å². The van der Waals surface area contributed by atoms with Crippen molar-refractivity contribution in [2.24, 2.45) is 0 Å². The van der Waals surface area contributed by atoms with Gasteiger partial charge in [0, 0.05) is 18.2 Å². The van der Waals surface area contributed by atoms with Crippen LogP contribution >= 0.6 is 11.8 Å². The third-order valence-corrected chi connectivity index (χ3v) is 6.37. The Hall–Kier alpha value is -3.04. The Morgan fingerprint density at radius 1 is 1.03 bits per heavy atom. The summed E-state index contributed by atoms with van der Waals surface area (Å²) in [6, 6.07) is 15.2. The van der Waals surface area contributed by atoms with Crippen molar-refractivity contribution in [3.8, 4) is 11.1 Å². The summed E-state index contributed by atoms with van der Waals surface area (Å²) in [4.78, 5) is 35.6. The number of thioether (sulfide) groups is 1. The van der Waals surface area contributed by atoms with E-state index in [4.69, 9.17) is 9.47 Å². The van der Waals surface area contributed by atoms with Gasteiger partial charge in [0.05, 0.1) is 18.0 Å². The van der Waals surface area contributed by atoms with Crippen molar-refractivity contribution in [2.45, 2.75) is 38.3 Å². The van der Waals surface area contributed by atoms with Gasteiger partial charge in [-0.1, -0.05) is 48.5 Å². The summed E-state index contributed by atoms with van der Waals surface area (Å²) >= 11 is 1.29. The fourth-order valence-corrected chi connectivity index (χ4v) is 4.44. The van der Waals surface area contributed by atoms with Crippen molar-refractivity contribution >= 4 is 29.7 Å². The highest BCUT2D eigenvalue weighted by atomic mass is 32.2. The summed E-state index contributed by atoms with van der Waals surface area (Å²) in [6.07, 6.45) is -0.512. The number of nitrogens with one attached hydrogen (secondary N) is 2. The van der Waals surface area contributed by atoms with Gasteiger partial charge in [-0.25, -0.2) is 9.59 Å². The van der Waals surface area contributed by atoms with Gasteiger partial charge in [-0.15, -0.1) is 0 Å². The normalized spacial score (nSPS) is 13.5. The Bertz CT molecular complexity index is 1010. The van der Waals surface area contributed by atoms with E-state index >= 15 is 0 Å². The molecule has 35 heavy (non-hydrogen) atoms. The van der Waals surface area contributed by atoms with Gasteiger partial charge in [-0.3, -0.25) is 4.79 Å². The maximum Gasteiger partial charge on any atom is 0.407 e. The van der Waals surface area contributed by atoms with Crippen LogP contribution in [0.1, 0.15) is 37.8 Å². The number of hydrogen-bond acceptors (Lipinski definition) is 6. The van der Waals surface area contributed by atoms with Gasteiger partial charge >= 0.3 is 12.1 Å². The van der Waals surface area contributed by atoms with Crippen LogP contribution in [-0.2, 0) is 19.1 Å². The van der Waals surface area contributed by atoms with Crippen LogP contribution in [0.5, 0.6) is 0 Å². The van der Waals surface area contributed by atoms with Crippen molar-refractivity contribution in [1.82, 2.24) is 10.6 Å². The number of carbonyl (C=O) groups is 3. The van der Waals surface area contributed by atoms with E-state index in [0.717, 1.165) is 11.1 Å². The average molecular weight is 501 g/mol. The van der Waals surface area contributed by atoms with Crippen molar-refractivity contribution in [3.05, 3.63) is 59.7 Å². The summed E-state index contributed by atoms with van der Waals surface area (Å²) in [5.41, 5.74) is 4.13. The second-order valence-electron chi connectivity index (χ2n) is 9.19. The van der Waals surface area contributed by atoms with Crippen LogP contribution in [0.4, 0.5) is 4.79 Å². The molecule has 188 valence electrons. The molecule has 1 aliphatic rings. The van der Waals surface area contributed by atoms with Crippen molar-refractivity contribution in [1.29, 1.82) is 0 Å². The number of benzene rings is 2. The minimum Gasteiger partial charge on any atom is -0.480 e. The zero-order valence-electron chi connectivity index (χ0n) is 20.2. The van der Waals surface area contributed by atoms with E-state index in [1.165, 1.54) is 22.9 Å². The minimum atomic E-state index is -1.15. The molecule has 0 heterocycles. The maximum absolute atomic E-state index is 12.2. The molecule has 0 saturated heterocycles. The monoisotopic (exact) mass is 500 g/mol. The van der Waals surface area contributed by atoms with Crippen molar-refractivity contribution < 1.29 is 29.0 Å². The molecule has 0 saturated carbocycles. The largest absolute Gasteiger partial charge is 0.480 e. The van der Waals surface area contributed by atoms with Gasteiger partial charge in [0.2, 0.25) is 5.91 Å². The summed E-state index contributed by atoms with van der Waals surface area (Å²) in [7, 11) is 0. The first-order chi connectivity index (χ1) is 16.7. The number of fused-ring (bicyclic) bond motifs is 3. The van der Waals surface area contributed by atoms with E-state index in [9.17, 15) is 19.5 Å². The first-order valence-corrected chi connectivity index (χ1v) is 12.6. The van der Waals surface area contributed by atoms with Crippen LogP contribution in [-0.4, -0.2) is 66.0 Å². The molecule has 2 aromatic rings. The number of aliphatic carboxylic acids is 1. The quantitative estimate of drug-likeness (QED) is 0.404. The van der Waals surface area contributed by atoms with Crippen LogP contribution < -0.4 is 10.6 Å². The second-order valence-corrected chi connectivity index (χ2v) is 10.3. The molecule has 2 amide bonds. The van der Waals surface area contributed by atoms with Gasteiger partial charge in [-0.05, 0) is 43.0 Å². The Labute approximate surface area is 209 Å². The Morgan fingerprint density at radius 2 is 1.63 bits per heavy atom. The lowest BCUT2D eigenvalue weighted by Gasteiger charge is -2.23. The van der Waals surface area contributed by atoms with E-state index in [1.807, 2.05) is 45.0 Å². The lowest BCUT2D eigenvalue weighted by Crippen LogP contribution is -2.46. The molecule has 0 unspecified atom stereocenters. The molecule has 8 nitrogen and oxygen atoms in total. The number of carboxylic acid groups (broad SMARTS) is 1. The third kappa shape index (κ3) is 7.73. The molecule has 0 bridgehead atoms. The van der Waals surface area contributed by atoms with Gasteiger partial charge < -0.3 is 25.2 Å². The van der Waals surface area contributed by atoms with E-state index in [-0.39, 0.29) is 24.9 Å². The number of hydrogen-bond donors (Lipinski definition) is 3. The molecule has 0 aliphatic heterocycles. The summed E-state index contributed by atoms with van der Waals surface area (Å²) in [6.45, 7) is 5.89. The summed E-state index contributed by atoms with van der Waals surface area (Å²) < 4.78 is 10.9. The third-order valence-electron chi connectivity index (χ3n) is 5.41. The molecule has 2 aromatic carbocycles. The first kappa shape index (κ1) is 26.6. The fraction of sp³-hybridized carbons (Fsp3) is 0.423. The average Bonchev–Trinajstić information content (AvgIpc) is 3.13. The number of amides is 2. The van der Waals surface area contributed by atoms with Gasteiger partial charge in [-0.2, -0.15) is 11.8 Å². The SMILES string of the molecule is CC(C)(C)OC[C@H](NC(=O)CSCCNC(=O)OCC1c2ccccc2-c2ccccc21)C(=O)O. The Balaban J connectivity index is 1.36. The number of rotatable bonds is 11. The van der Waals surface area contributed by atoms with E-state index < -0.39 is 29.6 Å². The number of alkyl carbamates (subject to hydrolysis) is 1. The van der Waals surface area contributed by atoms with Crippen LogP contribution in [0.2, 0.25) is 0 Å². The number of ether oxygens (including phenoxy) is 2. The van der Waals surface area contributed by atoms with E-state index in [1.54, 1.807) is 0 Å². The molecule has 0 spiro atoms. The van der Waals surface area contributed by atoms with Crippen LogP contribution in [0.3, 0.4) is 0 Å². The highest BCUT2D eigenvalue weighted by Crippen LogP contribution is 2.44. The highest BCUT2D eigenvalue weighted by molar-refractivity contribution is 7.99. The van der Waals surface area contributed by atoms with Crippen molar-refractivity contribution in [2.75, 3.05) is 31.3 Å². The van der Waals surface area contributed by atoms with Gasteiger partial charge in [0.25, 0.3) is 0 Å².